The van der Waals surface area contributed by atoms with Crippen molar-refractivity contribution < 1.29 is 9.59 Å². The Morgan fingerprint density at radius 3 is 2.07 bits per heavy atom. The van der Waals surface area contributed by atoms with Crippen LogP contribution in [0.15, 0.2) is 84.9 Å². The summed E-state index contributed by atoms with van der Waals surface area (Å²) in [5.41, 5.74) is 3.47. The fourth-order valence-corrected chi connectivity index (χ4v) is 2.84. The van der Waals surface area contributed by atoms with Crippen LogP contribution in [-0.2, 0) is 16.1 Å². The van der Waals surface area contributed by atoms with E-state index < -0.39 is 0 Å². The molecule has 0 heterocycles. The van der Waals surface area contributed by atoms with Gasteiger partial charge in [-0.1, -0.05) is 66.7 Å². The van der Waals surface area contributed by atoms with Crippen LogP contribution in [0.25, 0.3) is 0 Å². The number of carbonyl (C=O) groups excluding carboxylic acids is 2. The van der Waals surface area contributed by atoms with Crippen LogP contribution in [0.4, 0.5) is 11.4 Å². The first-order valence-corrected chi connectivity index (χ1v) is 8.88. The second kappa shape index (κ2) is 8.81. The zero-order valence-electron chi connectivity index (χ0n) is 15.3. The second-order valence-corrected chi connectivity index (χ2v) is 6.34. The molecule has 0 bridgehead atoms. The SMILES string of the molecule is Cc1ccccc1NC(=O)CC(=O)N(Cc1ccccc1)c1ccccc1. The topological polar surface area (TPSA) is 49.4 Å². The Balaban J connectivity index is 1.74. The minimum Gasteiger partial charge on any atom is -0.325 e. The van der Waals surface area contributed by atoms with Gasteiger partial charge in [0.1, 0.15) is 6.42 Å². The fraction of sp³-hybridized carbons (Fsp3) is 0.130. The Morgan fingerprint density at radius 1 is 0.815 bits per heavy atom. The summed E-state index contributed by atoms with van der Waals surface area (Å²) in [6.45, 7) is 2.34. The van der Waals surface area contributed by atoms with Gasteiger partial charge < -0.3 is 10.2 Å². The number of para-hydroxylation sites is 2. The van der Waals surface area contributed by atoms with Crippen molar-refractivity contribution in [2.75, 3.05) is 10.2 Å². The largest absolute Gasteiger partial charge is 0.325 e. The highest BCUT2D eigenvalue weighted by atomic mass is 16.2. The second-order valence-electron chi connectivity index (χ2n) is 6.34. The molecule has 3 aromatic carbocycles. The highest BCUT2D eigenvalue weighted by Crippen LogP contribution is 2.19. The molecule has 4 nitrogen and oxygen atoms in total. The van der Waals surface area contributed by atoms with E-state index in [0.29, 0.717) is 6.54 Å². The summed E-state index contributed by atoms with van der Waals surface area (Å²) < 4.78 is 0. The standard InChI is InChI=1S/C23H22N2O2/c1-18-10-8-9-15-21(18)24-22(26)16-23(27)25(20-13-6-3-7-14-20)17-19-11-4-2-5-12-19/h2-15H,16-17H2,1H3,(H,24,26). The van der Waals surface area contributed by atoms with Crippen molar-refractivity contribution in [1.29, 1.82) is 0 Å². The average Bonchev–Trinajstić information content (AvgIpc) is 2.69. The molecule has 27 heavy (non-hydrogen) atoms. The van der Waals surface area contributed by atoms with E-state index in [-0.39, 0.29) is 18.2 Å². The lowest BCUT2D eigenvalue weighted by Crippen LogP contribution is -2.33. The molecule has 0 aliphatic carbocycles. The first-order chi connectivity index (χ1) is 13.1. The van der Waals surface area contributed by atoms with Crippen molar-refractivity contribution in [3.05, 3.63) is 96.1 Å². The number of hydrogen-bond donors (Lipinski definition) is 1. The molecule has 0 fully saturated rings. The number of anilines is 2. The molecule has 0 aromatic heterocycles. The van der Waals surface area contributed by atoms with Gasteiger partial charge in [0.25, 0.3) is 0 Å². The molecule has 0 radical (unpaired) electrons. The van der Waals surface area contributed by atoms with E-state index in [2.05, 4.69) is 5.32 Å². The van der Waals surface area contributed by atoms with Gasteiger partial charge in [0, 0.05) is 11.4 Å². The van der Waals surface area contributed by atoms with Gasteiger partial charge in [0.15, 0.2) is 0 Å². The van der Waals surface area contributed by atoms with E-state index >= 15 is 0 Å². The van der Waals surface area contributed by atoms with E-state index in [1.807, 2.05) is 91.9 Å². The molecule has 0 saturated heterocycles. The molecule has 1 N–H and O–H groups in total. The van der Waals surface area contributed by atoms with Crippen LogP contribution >= 0.6 is 0 Å². The van der Waals surface area contributed by atoms with E-state index in [9.17, 15) is 9.59 Å². The highest BCUT2D eigenvalue weighted by Gasteiger charge is 2.19. The molecule has 2 amide bonds. The monoisotopic (exact) mass is 358 g/mol. The van der Waals surface area contributed by atoms with E-state index in [1.165, 1.54) is 0 Å². The summed E-state index contributed by atoms with van der Waals surface area (Å²) in [6, 6.07) is 26.7. The van der Waals surface area contributed by atoms with Crippen LogP contribution in [0.1, 0.15) is 17.5 Å². The first kappa shape index (κ1) is 18.4. The van der Waals surface area contributed by atoms with Crippen molar-refractivity contribution in [2.24, 2.45) is 0 Å². The number of amides is 2. The fourth-order valence-electron chi connectivity index (χ4n) is 2.84. The van der Waals surface area contributed by atoms with Gasteiger partial charge in [-0.3, -0.25) is 9.59 Å². The quantitative estimate of drug-likeness (QED) is 0.657. The summed E-state index contributed by atoms with van der Waals surface area (Å²) in [5.74, 6) is -0.556. The van der Waals surface area contributed by atoms with Gasteiger partial charge in [-0.15, -0.1) is 0 Å². The Morgan fingerprint density at radius 2 is 1.41 bits per heavy atom. The Kier molecular flexibility index (Phi) is 6.00. The predicted octanol–water partition coefficient (Wildman–Crippen LogP) is 4.56. The summed E-state index contributed by atoms with van der Waals surface area (Å²) >= 11 is 0. The molecule has 0 aliphatic heterocycles. The lowest BCUT2D eigenvalue weighted by atomic mass is 10.1. The van der Waals surface area contributed by atoms with E-state index in [1.54, 1.807) is 4.90 Å². The van der Waals surface area contributed by atoms with E-state index in [0.717, 1.165) is 22.5 Å². The Bertz CT molecular complexity index is 908. The lowest BCUT2D eigenvalue weighted by molar-refractivity contribution is -0.125. The number of benzene rings is 3. The van der Waals surface area contributed by atoms with E-state index in [4.69, 9.17) is 0 Å². The first-order valence-electron chi connectivity index (χ1n) is 8.88. The van der Waals surface area contributed by atoms with Gasteiger partial charge in [0.2, 0.25) is 11.8 Å². The van der Waals surface area contributed by atoms with Crippen LogP contribution in [0.2, 0.25) is 0 Å². The number of nitrogens with one attached hydrogen (secondary N) is 1. The van der Waals surface area contributed by atoms with Gasteiger partial charge in [-0.2, -0.15) is 0 Å². The van der Waals surface area contributed by atoms with Gasteiger partial charge >= 0.3 is 0 Å². The maximum Gasteiger partial charge on any atom is 0.236 e. The third-order valence-corrected chi connectivity index (χ3v) is 4.28. The van der Waals surface area contributed by atoms with Crippen molar-refractivity contribution >= 4 is 23.2 Å². The van der Waals surface area contributed by atoms with Crippen LogP contribution in [0, 0.1) is 6.92 Å². The highest BCUT2D eigenvalue weighted by molar-refractivity contribution is 6.09. The molecular weight excluding hydrogens is 336 g/mol. The van der Waals surface area contributed by atoms with Crippen LogP contribution in [-0.4, -0.2) is 11.8 Å². The molecule has 0 spiro atoms. The zero-order chi connectivity index (χ0) is 19.1. The molecule has 3 aromatic rings. The van der Waals surface area contributed by atoms with Crippen molar-refractivity contribution in [2.45, 2.75) is 19.9 Å². The maximum atomic E-state index is 12.9. The number of rotatable bonds is 6. The molecule has 0 unspecified atom stereocenters. The smallest absolute Gasteiger partial charge is 0.236 e. The summed E-state index contributed by atoms with van der Waals surface area (Å²) in [6.07, 6.45) is -0.212. The lowest BCUT2D eigenvalue weighted by Gasteiger charge is -2.23. The molecule has 0 atom stereocenters. The summed E-state index contributed by atoms with van der Waals surface area (Å²) in [4.78, 5) is 26.9. The van der Waals surface area contributed by atoms with Gasteiger partial charge in [0.05, 0.1) is 6.54 Å². The van der Waals surface area contributed by atoms with Crippen LogP contribution in [0.5, 0.6) is 0 Å². The number of nitrogens with zero attached hydrogens (tertiary/aromatic N) is 1. The minimum absolute atomic E-state index is 0.212. The summed E-state index contributed by atoms with van der Waals surface area (Å²) in [5, 5.41) is 2.82. The molecule has 4 heteroatoms. The Hall–Kier alpha value is -3.40. The normalized spacial score (nSPS) is 10.3. The molecule has 0 saturated carbocycles. The number of aryl methyl sites for hydroxylation is 1. The van der Waals surface area contributed by atoms with Gasteiger partial charge in [-0.25, -0.2) is 0 Å². The molecular formula is C23H22N2O2. The third kappa shape index (κ3) is 5.05. The molecule has 3 rings (SSSR count). The summed E-state index contributed by atoms with van der Waals surface area (Å²) in [7, 11) is 0. The van der Waals surface area contributed by atoms with Crippen molar-refractivity contribution in [1.82, 2.24) is 0 Å². The minimum atomic E-state index is -0.316. The predicted molar refractivity (Wildman–Crippen MR) is 108 cm³/mol. The van der Waals surface area contributed by atoms with Gasteiger partial charge in [-0.05, 0) is 36.2 Å². The molecule has 0 aliphatic rings. The van der Waals surface area contributed by atoms with Crippen molar-refractivity contribution in [3.8, 4) is 0 Å². The third-order valence-electron chi connectivity index (χ3n) is 4.28. The number of hydrogen-bond acceptors (Lipinski definition) is 2. The zero-order valence-corrected chi connectivity index (χ0v) is 15.3. The van der Waals surface area contributed by atoms with Crippen molar-refractivity contribution in [3.63, 3.8) is 0 Å². The molecule has 136 valence electrons. The van der Waals surface area contributed by atoms with Crippen LogP contribution < -0.4 is 10.2 Å². The van der Waals surface area contributed by atoms with Crippen LogP contribution in [0.3, 0.4) is 0 Å². The average molecular weight is 358 g/mol. The maximum absolute atomic E-state index is 12.9. The number of carbonyl (C=O) groups is 2. The Labute approximate surface area is 159 Å².